The molecule has 108 valence electrons. The Morgan fingerprint density at radius 1 is 0.889 bits per heavy atom. The van der Waals surface area contributed by atoms with Gasteiger partial charge in [-0.15, -0.1) is 0 Å². The third-order valence-corrected chi connectivity index (χ3v) is 0.848. The van der Waals surface area contributed by atoms with Crippen molar-refractivity contribution in [2.75, 3.05) is 0 Å². The predicted octanol–water partition coefficient (Wildman–Crippen LogP) is 1.74. The van der Waals surface area contributed by atoms with E-state index in [9.17, 15) is 19.2 Å². The van der Waals surface area contributed by atoms with Gasteiger partial charge in [-0.25, -0.2) is 4.21 Å². The van der Waals surface area contributed by atoms with E-state index in [1.54, 1.807) is 0 Å². The van der Waals surface area contributed by atoms with Gasteiger partial charge < -0.3 is 10.2 Å². The molecule has 0 aliphatic carbocycles. The molecule has 18 heavy (non-hydrogen) atoms. The van der Waals surface area contributed by atoms with E-state index in [1.807, 2.05) is 0 Å². The fourth-order valence-electron chi connectivity index (χ4n) is 0.239. The fourth-order valence-corrected chi connectivity index (χ4v) is 0.550. The van der Waals surface area contributed by atoms with Crippen LogP contribution in [0.25, 0.3) is 0 Å². The molecule has 0 fully saturated rings. The summed E-state index contributed by atoms with van der Waals surface area (Å²) in [5.41, 5.74) is 0. The lowest BCUT2D eigenvalue weighted by molar-refractivity contribution is -0.147. The number of aliphatic carboxylic acids is 2. The smallest absolute Gasteiger partial charge is 0.314 e. The van der Waals surface area contributed by atoms with Crippen LogP contribution in [0.15, 0.2) is 0 Å². The first-order chi connectivity index (χ1) is 7.98. The molecule has 0 unspecified atom stereocenters. The molecule has 0 aromatic carbocycles. The summed E-state index contributed by atoms with van der Waals surface area (Å²) in [7, 11) is 7.36. The minimum absolute atomic E-state index is 0. The molecule has 0 radical (unpaired) electrons. The van der Waals surface area contributed by atoms with Crippen molar-refractivity contribution in [2.45, 2.75) is 12.8 Å². The molecular formula is C6H8Cl4O7S. The molecule has 0 aliphatic heterocycles. The van der Waals surface area contributed by atoms with Gasteiger partial charge in [0.15, 0.2) is 0 Å². The van der Waals surface area contributed by atoms with E-state index in [0.29, 0.717) is 0 Å². The largest absolute Gasteiger partial charge is 0.481 e. The summed E-state index contributed by atoms with van der Waals surface area (Å²) in [6.07, 6.45) is -1.19. The summed E-state index contributed by atoms with van der Waals surface area (Å²) in [6.45, 7) is 0. The zero-order valence-corrected chi connectivity index (χ0v) is 12.1. The van der Waals surface area contributed by atoms with Gasteiger partial charge in [0.1, 0.15) is 6.42 Å². The van der Waals surface area contributed by atoms with Crippen LogP contribution in [0.2, 0.25) is 0 Å². The summed E-state index contributed by atoms with van der Waals surface area (Å²) in [5.74, 6) is -2.62. The lowest BCUT2D eigenvalue weighted by atomic mass is 10.5. The van der Waals surface area contributed by atoms with Crippen molar-refractivity contribution in [3.8, 4) is 0 Å². The summed E-state index contributed by atoms with van der Waals surface area (Å²) in [6, 6.07) is 0. The second-order valence-corrected chi connectivity index (χ2v) is 5.40. The zero-order chi connectivity index (χ0) is 15.3. The molecule has 0 aromatic rings. The number of carboxylic acids is 2. The van der Waals surface area contributed by atoms with Crippen LogP contribution in [0, 0.1) is 0 Å². The second-order valence-electron chi connectivity index (χ2n) is 2.04. The van der Waals surface area contributed by atoms with E-state index >= 15 is 0 Å². The van der Waals surface area contributed by atoms with Crippen LogP contribution >= 0.6 is 44.6 Å². The van der Waals surface area contributed by atoms with Gasteiger partial charge in [-0.3, -0.25) is 19.2 Å². The van der Waals surface area contributed by atoms with Crippen molar-refractivity contribution in [1.29, 1.82) is 0 Å². The molecule has 0 heterocycles. The van der Waals surface area contributed by atoms with E-state index in [1.165, 1.54) is 0 Å². The lowest BCUT2D eigenvalue weighted by Gasteiger charge is -1.80. The minimum atomic E-state index is -1.67. The highest BCUT2D eigenvalue weighted by Gasteiger charge is 2.01. The predicted molar refractivity (Wildman–Crippen MR) is 68.2 cm³/mol. The number of rotatable bonds is 4. The molecule has 0 saturated carbocycles. The SMILES string of the molecule is O=C(Cl)CC(=O)Cl.O=C(O)CC(=O)O.O=S(Cl)Cl.[2HH]. The average Bonchev–Trinajstić information content (AvgIpc) is 1.96. The molecule has 0 atom stereocenters. The molecule has 12 heteroatoms. The molecule has 0 aliphatic rings. The Labute approximate surface area is 124 Å². The first-order valence-electron chi connectivity index (χ1n) is 3.53. The van der Waals surface area contributed by atoms with Crippen LogP contribution in [0.5, 0.6) is 0 Å². The lowest BCUT2D eigenvalue weighted by Crippen LogP contribution is -2.03. The number of carbonyl (C=O) groups is 4. The number of hydrogen-bond acceptors (Lipinski definition) is 5. The normalized spacial score (nSPS) is 8.28. The molecule has 2 N–H and O–H groups in total. The fraction of sp³-hybridized carbons (Fsp3) is 0.333. The molecule has 0 rings (SSSR count). The number of halogens is 4. The highest BCUT2D eigenvalue weighted by atomic mass is 36.0. The Bertz CT molecular complexity index is 284. The summed E-state index contributed by atoms with van der Waals surface area (Å²) in [4.78, 5) is 38.3. The van der Waals surface area contributed by atoms with Gasteiger partial charge in [0.25, 0.3) is 0 Å². The molecule has 0 amide bonds. The Kier molecular flexibility index (Phi) is 18.5. The monoisotopic (exact) mass is 365 g/mol. The first kappa shape index (κ1) is 22.7. The van der Waals surface area contributed by atoms with E-state index < -0.39 is 38.1 Å². The second kappa shape index (κ2) is 14.7. The van der Waals surface area contributed by atoms with Crippen LogP contribution < -0.4 is 0 Å². The Balaban J connectivity index is -0.0000000900. The maximum Gasteiger partial charge on any atom is 0.314 e. The van der Waals surface area contributed by atoms with Gasteiger partial charge in [-0.1, -0.05) is 0 Å². The maximum absolute atomic E-state index is 9.71. The quantitative estimate of drug-likeness (QED) is 0.573. The Hall–Kier alpha value is -0.410. The highest BCUT2D eigenvalue weighted by molar-refractivity contribution is 8.26. The van der Waals surface area contributed by atoms with Gasteiger partial charge in [0.05, 0.1) is 6.42 Å². The van der Waals surface area contributed by atoms with Gasteiger partial charge in [-0.05, 0) is 23.2 Å². The van der Waals surface area contributed by atoms with Gasteiger partial charge in [-0.2, -0.15) is 0 Å². The molecule has 0 saturated heterocycles. The maximum atomic E-state index is 9.71. The van der Waals surface area contributed by atoms with E-state index in [4.69, 9.17) is 37.6 Å². The standard InChI is InChI=1S/C3H2Cl2O2.C3H4O4.Cl2OS.H2/c4-2(6)1-3(5)7;4-2(5)1-3(6)7;1-4(2)3;/h1H2;1H2,(H,4,5)(H,6,7);;1H/i;;;1+1. The summed E-state index contributed by atoms with van der Waals surface area (Å²) in [5, 5.41) is 14.0. The van der Waals surface area contributed by atoms with Crippen molar-refractivity contribution >= 4 is 76.2 Å². The molecule has 0 bridgehead atoms. The number of hydrogen-bond donors (Lipinski definition) is 2. The summed E-state index contributed by atoms with van der Waals surface area (Å²) < 4.78 is 9.09. The van der Waals surface area contributed by atoms with Gasteiger partial charge >= 0.3 is 11.9 Å². The molecule has 0 spiro atoms. The molecular weight excluding hydrogens is 358 g/mol. The van der Waals surface area contributed by atoms with Crippen molar-refractivity contribution in [3.63, 3.8) is 0 Å². The van der Waals surface area contributed by atoms with E-state index in [2.05, 4.69) is 21.4 Å². The van der Waals surface area contributed by atoms with Crippen molar-refractivity contribution in [1.82, 2.24) is 0 Å². The highest BCUT2D eigenvalue weighted by Crippen LogP contribution is 1.92. The molecule has 0 aromatic heterocycles. The van der Waals surface area contributed by atoms with Crippen LogP contribution in [-0.4, -0.2) is 36.8 Å². The average molecular weight is 367 g/mol. The van der Waals surface area contributed by atoms with Gasteiger partial charge in [0, 0.05) is 22.8 Å². The van der Waals surface area contributed by atoms with Crippen LogP contribution in [0.4, 0.5) is 0 Å². The first-order valence-corrected chi connectivity index (χ1v) is 7.09. The van der Waals surface area contributed by atoms with Crippen LogP contribution in [0.1, 0.15) is 14.3 Å². The molecule has 7 nitrogen and oxygen atoms in total. The number of carbonyl (C=O) groups excluding carboxylic acids is 2. The minimum Gasteiger partial charge on any atom is -0.481 e. The van der Waals surface area contributed by atoms with Crippen molar-refractivity contribution in [2.24, 2.45) is 0 Å². The van der Waals surface area contributed by atoms with Crippen molar-refractivity contribution in [3.05, 3.63) is 0 Å². The zero-order valence-electron chi connectivity index (χ0n) is 8.27. The van der Waals surface area contributed by atoms with E-state index in [-0.39, 0.29) is 7.85 Å². The van der Waals surface area contributed by atoms with Crippen molar-refractivity contribution < 1.29 is 35.0 Å². The third kappa shape index (κ3) is 57.6. The Morgan fingerprint density at radius 2 is 1.11 bits per heavy atom. The third-order valence-electron chi connectivity index (χ3n) is 0.580. The van der Waals surface area contributed by atoms with E-state index in [0.717, 1.165) is 0 Å². The summed E-state index contributed by atoms with van der Waals surface area (Å²) >= 11 is 9.46. The van der Waals surface area contributed by atoms with Crippen LogP contribution in [0.3, 0.4) is 0 Å². The Morgan fingerprint density at radius 3 is 1.11 bits per heavy atom. The van der Waals surface area contributed by atoms with Gasteiger partial charge in [0.2, 0.25) is 19.7 Å². The van der Waals surface area contributed by atoms with Crippen LogP contribution in [-0.2, 0) is 28.4 Å². The number of carboxylic acid groups (broad SMARTS) is 2. The topological polar surface area (TPSA) is 126 Å².